The molecular weight excluding hydrogens is 226 g/mol. The monoisotopic (exact) mass is 241 g/mol. The van der Waals surface area contributed by atoms with Gasteiger partial charge in [-0.05, 0) is 24.5 Å². The molecule has 0 unspecified atom stereocenters. The summed E-state index contributed by atoms with van der Waals surface area (Å²) in [7, 11) is 0. The van der Waals surface area contributed by atoms with E-state index in [1.54, 1.807) is 12.1 Å². The molecule has 1 aliphatic heterocycles. The van der Waals surface area contributed by atoms with Crippen molar-refractivity contribution in [3.63, 3.8) is 0 Å². The molecule has 0 amide bonds. The molecule has 88 valence electrons. The number of phenolic OH excluding ortho intramolecular Hbond substituents is 1. The number of hydrogen-bond donors (Lipinski definition) is 2. The number of benzene rings is 1. The number of piperidine rings is 1. The van der Waals surface area contributed by atoms with Gasteiger partial charge in [0.1, 0.15) is 5.75 Å². The van der Waals surface area contributed by atoms with Crippen LogP contribution in [0.4, 0.5) is 0 Å². The van der Waals surface area contributed by atoms with Crippen molar-refractivity contribution in [2.24, 2.45) is 0 Å². The van der Waals surface area contributed by atoms with Crippen molar-refractivity contribution in [2.75, 3.05) is 13.1 Å². The molecule has 0 spiro atoms. The van der Waals surface area contributed by atoms with E-state index in [2.05, 4.69) is 4.90 Å². The lowest BCUT2D eigenvalue weighted by molar-refractivity contribution is 0.0792. The second-order valence-corrected chi connectivity index (χ2v) is 4.64. The Morgan fingerprint density at radius 3 is 2.69 bits per heavy atom. The highest BCUT2D eigenvalue weighted by Gasteiger charge is 2.18. The molecule has 0 atom stereocenters. The van der Waals surface area contributed by atoms with E-state index in [0.717, 1.165) is 38.0 Å². The van der Waals surface area contributed by atoms with Gasteiger partial charge in [-0.2, -0.15) is 0 Å². The molecule has 1 aliphatic rings. The molecule has 2 N–H and O–H groups in total. The molecule has 0 aromatic heterocycles. The van der Waals surface area contributed by atoms with Gasteiger partial charge in [-0.1, -0.05) is 23.7 Å². The molecule has 2 rings (SSSR count). The molecule has 0 aliphatic carbocycles. The van der Waals surface area contributed by atoms with Crippen LogP contribution in [0.25, 0.3) is 0 Å². The lowest BCUT2D eigenvalue weighted by atomic mass is 10.1. The number of aliphatic hydroxyl groups is 1. The molecule has 1 aromatic rings. The Hall–Kier alpha value is -0.770. The highest BCUT2D eigenvalue weighted by atomic mass is 35.5. The summed E-state index contributed by atoms with van der Waals surface area (Å²) in [5, 5.41) is 19.3. The van der Waals surface area contributed by atoms with Gasteiger partial charge in [0.05, 0.1) is 11.1 Å². The van der Waals surface area contributed by atoms with Crippen LogP contribution in [-0.4, -0.2) is 34.3 Å². The Labute approximate surface area is 100 Å². The van der Waals surface area contributed by atoms with Crippen molar-refractivity contribution in [3.8, 4) is 5.75 Å². The number of halogens is 1. The zero-order chi connectivity index (χ0) is 11.5. The van der Waals surface area contributed by atoms with Crippen LogP contribution in [-0.2, 0) is 6.54 Å². The fourth-order valence-electron chi connectivity index (χ4n) is 2.01. The molecule has 16 heavy (non-hydrogen) atoms. The van der Waals surface area contributed by atoms with E-state index in [0.29, 0.717) is 5.02 Å². The van der Waals surface area contributed by atoms with Crippen LogP contribution in [0, 0.1) is 0 Å². The predicted octanol–water partition coefficient (Wildman–Crippen LogP) is 2.00. The minimum Gasteiger partial charge on any atom is -0.506 e. The number of aromatic hydroxyl groups is 1. The fraction of sp³-hybridized carbons (Fsp3) is 0.500. The smallest absolute Gasteiger partial charge is 0.134 e. The third-order valence-electron chi connectivity index (χ3n) is 3.01. The number of nitrogens with zero attached hydrogens (tertiary/aromatic N) is 1. The normalized spacial score (nSPS) is 18.9. The van der Waals surface area contributed by atoms with Crippen LogP contribution >= 0.6 is 11.6 Å². The Morgan fingerprint density at radius 2 is 2.00 bits per heavy atom. The van der Waals surface area contributed by atoms with Gasteiger partial charge in [0, 0.05) is 19.6 Å². The molecule has 4 heteroatoms. The quantitative estimate of drug-likeness (QED) is 0.833. The summed E-state index contributed by atoms with van der Waals surface area (Å²) in [6, 6.07) is 5.31. The minimum absolute atomic E-state index is 0.135. The van der Waals surface area contributed by atoms with Gasteiger partial charge in [0.2, 0.25) is 0 Å². The van der Waals surface area contributed by atoms with Crippen LogP contribution < -0.4 is 0 Å². The van der Waals surface area contributed by atoms with Crippen molar-refractivity contribution >= 4 is 11.6 Å². The molecule has 1 heterocycles. The highest BCUT2D eigenvalue weighted by molar-refractivity contribution is 6.32. The zero-order valence-corrected chi connectivity index (χ0v) is 9.82. The Bertz CT molecular complexity index is 362. The average molecular weight is 242 g/mol. The summed E-state index contributed by atoms with van der Waals surface area (Å²) in [5.74, 6) is 0.135. The molecule has 1 aromatic carbocycles. The third-order valence-corrected chi connectivity index (χ3v) is 3.45. The molecule has 1 saturated heterocycles. The maximum absolute atomic E-state index is 9.48. The number of phenols is 1. The predicted molar refractivity (Wildman–Crippen MR) is 63.6 cm³/mol. The maximum atomic E-state index is 9.48. The first-order valence-electron chi connectivity index (χ1n) is 5.53. The van der Waals surface area contributed by atoms with E-state index >= 15 is 0 Å². The number of aliphatic hydroxyl groups excluding tert-OH is 1. The molecule has 1 fully saturated rings. The first-order valence-corrected chi connectivity index (χ1v) is 5.91. The van der Waals surface area contributed by atoms with E-state index in [1.165, 1.54) is 0 Å². The van der Waals surface area contributed by atoms with Gasteiger partial charge in [0.15, 0.2) is 0 Å². The zero-order valence-electron chi connectivity index (χ0n) is 9.06. The van der Waals surface area contributed by atoms with Crippen LogP contribution in [0.15, 0.2) is 18.2 Å². The fourth-order valence-corrected chi connectivity index (χ4v) is 2.19. The van der Waals surface area contributed by atoms with Gasteiger partial charge in [-0.15, -0.1) is 0 Å². The number of rotatable bonds is 2. The van der Waals surface area contributed by atoms with E-state index in [4.69, 9.17) is 11.6 Å². The van der Waals surface area contributed by atoms with Crippen LogP contribution in [0.2, 0.25) is 5.02 Å². The first-order chi connectivity index (χ1) is 7.66. The second-order valence-electron chi connectivity index (χ2n) is 4.26. The SMILES string of the molecule is Oc1cccc(CN2CCC(O)CC2)c1Cl. The highest BCUT2D eigenvalue weighted by Crippen LogP contribution is 2.28. The lowest BCUT2D eigenvalue weighted by Crippen LogP contribution is -2.35. The topological polar surface area (TPSA) is 43.7 Å². The van der Waals surface area contributed by atoms with E-state index in [-0.39, 0.29) is 11.9 Å². The molecule has 0 saturated carbocycles. The minimum atomic E-state index is -0.157. The number of likely N-dealkylation sites (tertiary alicyclic amines) is 1. The van der Waals surface area contributed by atoms with Crippen molar-refractivity contribution in [1.29, 1.82) is 0 Å². The summed E-state index contributed by atoms with van der Waals surface area (Å²) in [4.78, 5) is 2.24. The van der Waals surface area contributed by atoms with Crippen LogP contribution in [0.3, 0.4) is 0 Å². The maximum Gasteiger partial charge on any atom is 0.134 e. The Kier molecular flexibility index (Phi) is 3.69. The summed E-state index contributed by atoms with van der Waals surface area (Å²) in [5.41, 5.74) is 0.943. The average Bonchev–Trinajstić information content (AvgIpc) is 2.28. The van der Waals surface area contributed by atoms with Gasteiger partial charge in [-0.3, -0.25) is 4.90 Å². The third kappa shape index (κ3) is 2.67. The second kappa shape index (κ2) is 5.04. The number of hydrogen-bond acceptors (Lipinski definition) is 3. The Morgan fingerprint density at radius 1 is 1.31 bits per heavy atom. The van der Waals surface area contributed by atoms with Gasteiger partial charge in [-0.25, -0.2) is 0 Å². The van der Waals surface area contributed by atoms with Crippen molar-refractivity contribution < 1.29 is 10.2 Å². The van der Waals surface area contributed by atoms with Gasteiger partial charge in [0.25, 0.3) is 0 Å². The molecule has 0 radical (unpaired) electrons. The molecular formula is C12H16ClNO2. The van der Waals surface area contributed by atoms with Gasteiger partial charge < -0.3 is 10.2 Å². The van der Waals surface area contributed by atoms with E-state index in [9.17, 15) is 10.2 Å². The molecule has 0 bridgehead atoms. The van der Waals surface area contributed by atoms with Crippen molar-refractivity contribution in [2.45, 2.75) is 25.5 Å². The lowest BCUT2D eigenvalue weighted by Gasteiger charge is -2.29. The van der Waals surface area contributed by atoms with Gasteiger partial charge >= 0.3 is 0 Å². The van der Waals surface area contributed by atoms with Crippen LogP contribution in [0.1, 0.15) is 18.4 Å². The van der Waals surface area contributed by atoms with E-state index in [1.807, 2.05) is 6.07 Å². The molecule has 3 nitrogen and oxygen atoms in total. The summed E-state index contributed by atoms with van der Waals surface area (Å²) in [6.07, 6.45) is 1.48. The van der Waals surface area contributed by atoms with Crippen molar-refractivity contribution in [3.05, 3.63) is 28.8 Å². The summed E-state index contributed by atoms with van der Waals surface area (Å²) >= 11 is 6.02. The first kappa shape index (κ1) is 11.7. The largest absolute Gasteiger partial charge is 0.506 e. The standard InChI is InChI=1S/C12H16ClNO2/c13-12-9(2-1-3-11(12)16)8-14-6-4-10(15)5-7-14/h1-3,10,15-16H,4-8H2. The van der Waals surface area contributed by atoms with Crippen LogP contribution in [0.5, 0.6) is 5.75 Å². The van der Waals surface area contributed by atoms with E-state index < -0.39 is 0 Å². The van der Waals surface area contributed by atoms with Crippen molar-refractivity contribution in [1.82, 2.24) is 4.90 Å². The summed E-state index contributed by atoms with van der Waals surface area (Å²) in [6.45, 7) is 2.50. The Balaban J connectivity index is 2.01. The summed E-state index contributed by atoms with van der Waals surface area (Å²) < 4.78 is 0.